The SMILES string of the molecule is Br/C=C/Cc1ccc2ccccc2n1. The quantitative estimate of drug-likeness (QED) is 0.789. The van der Waals surface area contributed by atoms with Gasteiger partial charge in [0, 0.05) is 17.5 Å². The lowest BCUT2D eigenvalue weighted by molar-refractivity contribution is 1.15. The zero-order chi connectivity index (χ0) is 9.80. The molecule has 0 saturated carbocycles. The van der Waals surface area contributed by atoms with E-state index in [-0.39, 0.29) is 0 Å². The number of pyridine rings is 1. The molecular formula is C12H10BrN. The highest BCUT2D eigenvalue weighted by Crippen LogP contribution is 2.12. The van der Waals surface area contributed by atoms with Crippen molar-refractivity contribution >= 4 is 26.8 Å². The minimum absolute atomic E-state index is 0.871. The van der Waals surface area contributed by atoms with E-state index >= 15 is 0 Å². The van der Waals surface area contributed by atoms with Gasteiger partial charge in [-0.3, -0.25) is 4.98 Å². The van der Waals surface area contributed by atoms with E-state index in [2.05, 4.69) is 39.1 Å². The molecule has 0 saturated heterocycles. The maximum atomic E-state index is 4.54. The molecular weight excluding hydrogens is 238 g/mol. The third-order valence-electron chi connectivity index (χ3n) is 2.07. The van der Waals surface area contributed by atoms with Gasteiger partial charge < -0.3 is 0 Å². The van der Waals surface area contributed by atoms with E-state index in [1.165, 1.54) is 5.39 Å². The van der Waals surface area contributed by atoms with E-state index in [4.69, 9.17) is 0 Å². The number of rotatable bonds is 2. The monoisotopic (exact) mass is 247 g/mol. The number of para-hydroxylation sites is 1. The first-order valence-electron chi connectivity index (χ1n) is 4.50. The van der Waals surface area contributed by atoms with Crippen molar-refractivity contribution in [1.82, 2.24) is 4.98 Å². The molecule has 0 aliphatic carbocycles. The lowest BCUT2D eigenvalue weighted by Crippen LogP contribution is -1.87. The van der Waals surface area contributed by atoms with Crippen LogP contribution in [0.15, 0.2) is 47.5 Å². The van der Waals surface area contributed by atoms with E-state index < -0.39 is 0 Å². The molecule has 2 rings (SSSR count). The van der Waals surface area contributed by atoms with Crippen LogP contribution in [0.1, 0.15) is 5.69 Å². The summed E-state index contributed by atoms with van der Waals surface area (Å²) >= 11 is 3.25. The minimum atomic E-state index is 0.871. The minimum Gasteiger partial charge on any atom is -0.253 e. The van der Waals surface area contributed by atoms with Crippen LogP contribution in [0, 0.1) is 0 Å². The number of fused-ring (bicyclic) bond motifs is 1. The molecule has 0 N–H and O–H groups in total. The highest BCUT2D eigenvalue weighted by atomic mass is 79.9. The third-order valence-corrected chi connectivity index (χ3v) is 2.45. The van der Waals surface area contributed by atoms with Gasteiger partial charge in [-0.05, 0) is 17.1 Å². The molecule has 1 aromatic heterocycles. The van der Waals surface area contributed by atoms with Crippen LogP contribution in [-0.4, -0.2) is 4.98 Å². The molecule has 0 aliphatic heterocycles. The van der Waals surface area contributed by atoms with Crippen molar-refractivity contribution in [2.75, 3.05) is 0 Å². The Balaban J connectivity index is 2.41. The maximum Gasteiger partial charge on any atom is 0.0705 e. The van der Waals surface area contributed by atoms with Crippen molar-refractivity contribution in [2.45, 2.75) is 6.42 Å². The Hall–Kier alpha value is -1.15. The zero-order valence-corrected chi connectivity index (χ0v) is 9.24. The van der Waals surface area contributed by atoms with Gasteiger partial charge >= 0.3 is 0 Å². The number of benzene rings is 1. The molecule has 0 bridgehead atoms. The van der Waals surface area contributed by atoms with Crippen molar-refractivity contribution in [3.63, 3.8) is 0 Å². The summed E-state index contributed by atoms with van der Waals surface area (Å²) < 4.78 is 0. The summed E-state index contributed by atoms with van der Waals surface area (Å²) in [4.78, 5) is 6.41. The molecule has 0 radical (unpaired) electrons. The van der Waals surface area contributed by atoms with Crippen molar-refractivity contribution in [3.05, 3.63) is 53.2 Å². The van der Waals surface area contributed by atoms with Crippen LogP contribution < -0.4 is 0 Å². The zero-order valence-electron chi connectivity index (χ0n) is 7.65. The average molecular weight is 248 g/mol. The molecule has 1 aromatic carbocycles. The normalized spacial score (nSPS) is 11.2. The third kappa shape index (κ3) is 2.02. The number of hydrogen-bond donors (Lipinski definition) is 0. The van der Waals surface area contributed by atoms with Gasteiger partial charge in [0.1, 0.15) is 0 Å². The molecule has 1 nitrogen and oxygen atoms in total. The van der Waals surface area contributed by atoms with E-state index in [1.807, 2.05) is 29.3 Å². The first-order chi connectivity index (χ1) is 6.90. The van der Waals surface area contributed by atoms with Gasteiger partial charge in [0.05, 0.1) is 5.52 Å². The Morgan fingerprint density at radius 2 is 2.00 bits per heavy atom. The fourth-order valence-electron chi connectivity index (χ4n) is 1.39. The summed E-state index contributed by atoms with van der Waals surface area (Å²) in [5.74, 6) is 0. The van der Waals surface area contributed by atoms with Gasteiger partial charge in [-0.1, -0.05) is 46.3 Å². The van der Waals surface area contributed by atoms with Crippen LogP contribution in [0.5, 0.6) is 0 Å². The topological polar surface area (TPSA) is 12.9 Å². The Bertz CT molecular complexity index is 463. The van der Waals surface area contributed by atoms with Gasteiger partial charge in [0.15, 0.2) is 0 Å². The average Bonchev–Trinajstić information content (AvgIpc) is 2.26. The summed E-state index contributed by atoms with van der Waals surface area (Å²) in [6.07, 6.45) is 2.91. The second-order valence-corrected chi connectivity index (χ2v) is 3.59. The lowest BCUT2D eigenvalue weighted by atomic mass is 10.2. The van der Waals surface area contributed by atoms with Gasteiger partial charge in [-0.15, -0.1) is 0 Å². The van der Waals surface area contributed by atoms with Crippen LogP contribution in [0.4, 0.5) is 0 Å². The number of hydrogen-bond acceptors (Lipinski definition) is 1. The molecule has 2 aromatic rings. The molecule has 0 spiro atoms. The van der Waals surface area contributed by atoms with Crippen LogP contribution in [0.2, 0.25) is 0 Å². The van der Waals surface area contributed by atoms with Crippen molar-refractivity contribution < 1.29 is 0 Å². The van der Waals surface area contributed by atoms with Crippen molar-refractivity contribution in [2.24, 2.45) is 0 Å². The standard InChI is InChI=1S/C12H10BrN/c13-9-3-5-11-8-7-10-4-1-2-6-12(10)14-11/h1-4,6-9H,5H2/b9-3+. The van der Waals surface area contributed by atoms with Crippen LogP contribution in [0.25, 0.3) is 10.9 Å². The molecule has 14 heavy (non-hydrogen) atoms. The summed E-state index contributed by atoms with van der Waals surface area (Å²) in [7, 11) is 0. The molecule has 70 valence electrons. The number of aromatic nitrogens is 1. The number of halogens is 1. The summed E-state index contributed by atoms with van der Waals surface area (Å²) in [6, 6.07) is 12.3. The van der Waals surface area contributed by atoms with Crippen LogP contribution in [0.3, 0.4) is 0 Å². The number of allylic oxidation sites excluding steroid dienone is 1. The van der Waals surface area contributed by atoms with Crippen molar-refractivity contribution in [1.29, 1.82) is 0 Å². The van der Waals surface area contributed by atoms with Gasteiger partial charge in [-0.25, -0.2) is 0 Å². The highest BCUT2D eigenvalue weighted by Gasteiger charge is 1.95. The van der Waals surface area contributed by atoms with E-state index in [0.29, 0.717) is 0 Å². The predicted molar refractivity (Wildman–Crippen MR) is 63.5 cm³/mol. The Labute approximate surface area is 91.6 Å². The molecule has 1 heterocycles. The Morgan fingerprint density at radius 1 is 1.14 bits per heavy atom. The van der Waals surface area contributed by atoms with Gasteiger partial charge in [0.2, 0.25) is 0 Å². The van der Waals surface area contributed by atoms with E-state index in [9.17, 15) is 0 Å². The first kappa shape index (κ1) is 9.41. The van der Waals surface area contributed by atoms with Crippen molar-refractivity contribution in [3.8, 4) is 0 Å². The van der Waals surface area contributed by atoms with Gasteiger partial charge in [-0.2, -0.15) is 0 Å². The smallest absolute Gasteiger partial charge is 0.0705 e. The fraction of sp³-hybridized carbons (Fsp3) is 0.0833. The second-order valence-electron chi connectivity index (χ2n) is 3.06. The number of nitrogens with zero attached hydrogens (tertiary/aromatic N) is 1. The highest BCUT2D eigenvalue weighted by molar-refractivity contribution is 9.11. The molecule has 0 fully saturated rings. The molecule has 0 amide bonds. The summed E-state index contributed by atoms with van der Waals surface area (Å²) in [5, 5.41) is 1.19. The molecule has 0 aliphatic rings. The van der Waals surface area contributed by atoms with Crippen LogP contribution in [-0.2, 0) is 6.42 Å². The van der Waals surface area contributed by atoms with Gasteiger partial charge in [0.25, 0.3) is 0 Å². The van der Waals surface area contributed by atoms with E-state index in [1.54, 1.807) is 0 Å². The summed E-state index contributed by atoms with van der Waals surface area (Å²) in [5.41, 5.74) is 2.16. The predicted octanol–water partition coefficient (Wildman–Crippen LogP) is 3.69. The fourth-order valence-corrected chi connectivity index (χ4v) is 1.57. The first-order valence-corrected chi connectivity index (χ1v) is 5.41. The second kappa shape index (κ2) is 4.38. The molecule has 0 unspecified atom stereocenters. The molecule has 2 heteroatoms. The maximum absolute atomic E-state index is 4.54. The Kier molecular flexibility index (Phi) is 2.94. The lowest BCUT2D eigenvalue weighted by Gasteiger charge is -1.99. The molecule has 0 atom stereocenters. The summed E-state index contributed by atoms with van der Waals surface area (Å²) in [6.45, 7) is 0. The Morgan fingerprint density at radius 3 is 2.86 bits per heavy atom. The largest absolute Gasteiger partial charge is 0.253 e. The van der Waals surface area contributed by atoms with Crippen LogP contribution >= 0.6 is 15.9 Å². The van der Waals surface area contributed by atoms with E-state index in [0.717, 1.165) is 17.6 Å².